The Bertz CT molecular complexity index is 377. The Morgan fingerprint density at radius 2 is 2.06 bits per heavy atom. The van der Waals surface area contributed by atoms with Crippen molar-refractivity contribution >= 4 is 0 Å². The molecule has 1 aromatic heterocycles. The standard InChI is InChI=1S/C13H19F3N2/c1-3-4-5-9(2)12(17)10-8-18-7-6-11(10)13(14,15)16/h6-9,12H,3-5,17H2,1-2H3. The van der Waals surface area contributed by atoms with Gasteiger partial charge in [-0.3, -0.25) is 4.98 Å². The van der Waals surface area contributed by atoms with Crippen LogP contribution in [-0.4, -0.2) is 4.98 Å². The highest BCUT2D eigenvalue weighted by molar-refractivity contribution is 5.29. The third-order valence-electron chi connectivity index (χ3n) is 3.14. The molecule has 0 spiro atoms. The highest BCUT2D eigenvalue weighted by Gasteiger charge is 2.35. The van der Waals surface area contributed by atoms with Crippen LogP contribution in [0.1, 0.15) is 50.3 Å². The van der Waals surface area contributed by atoms with E-state index in [0.29, 0.717) is 0 Å². The van der Waals surface area contributed by atoms with E-state index in [2.05, 4.69) is 4.98 Å². The topological polar surface area (TPSA) is 38.9 Å². The SMILES string of the molecule is CCCCC(C)C(N)c1cnccc1C(F)(F)F. The van der Waals surface area contributed by atoms with Gasteiger partial charge in [0.05, 0.1) is 5.56 Å². The number of hydrogen-bond donors (Lipinski definition) is 1. The lowest BCUT2D eigenvalue weighted by atomic mass is 9.89. The molecule has 5 heteroatoms. The smallest absolute Gasteiger partial charge is 0.324 e. The molecule has 2 atom stereocenters. The Morgan fingerprint density at radius 3 is 2.61 bits per heavy atom. The minimum Gasteiger partial charge on any atom is -0.324 e. The predicted molar refractivity (Wildman–Crippen MR) is 64.9 cm³/mol. The van der Waals surface area contributed by atoms with Crippen LogP contribution in [0.5, 0.6) is 0 Å². The average Bonchev–Trinajstić information content (AvgIpc) is 2.34. The second-order valence-corrected chi connectivity index (χ2v) is 4.61. The van der Waals surface area contributed by atoms with E-state index in [-0.39, 0.29) is 11.5 Å². The summed E-state index contributed by atoms with van der Waals surface area (Å²) in [6.45, 7) is 3.93. The van der Waals surface area contributed by atoms with Gasteiger partial charge in [0, 0.05) is 18.4 Å². The molecule has 0 aliphatic rings. The Morgan fingerprint density at radius 1 is 1.39 bits per heavy atom. The number of nitrogens with zero attached hydrogens (tertiary/aromatic N) is 1. The zero-order chi connectivity index (χ0) is 13.8. The van der Waals surface area contributed by atoms with Gasteiger partial charge in [-0.2, -0.15) is 13.2 Å². The number of nitrogens with two attached hydrogens (primary N) is 1. The Kier molecular flexibility index (Phi) is 5.14. The van der Waals surface area contributed by atoms with Crippen LogP contribution in [-0.2, 0) is 6.18 Å². The van der Waals surface area contributed by atoms with Crippen molar-refractivity contribution in [1.29, 1.82) is 0 Å². The quantitative estimate of drug-likeness (QED) is 0.871. The van der Waals surface area contributed by atoms with Gasteiger partial charge in [0.1, 0.15) is 0 Å². The van der Waals surface area contributed by atoms with Crippen molar-refractivity contribution < 1.29 is 13.2 Å². The van der Waals surface area contributed by atoms with Gasteiger partial charge < -0.3 is 5.73 Å². The van der Waals surface area contributed by atoms with Crippen LogP contribution in [0, 0.1) is 5.92 Å². The van der Waals surface area contributed by atoms with Crippen LogP contribution in [0.25, 0.3) is 0 Å². The number of aromatic nitrogens is 1. The fraction of sp³-hybridized carbons (Fsp3) is 0.615. The first-order valence-electron chi connectivity index (χ1n) is 6.14. The summed E-state index contributed by atoms with van der Waals surface area (Å²) in [5, 5.41) is 0. The molecule has 1 rings (SSSR count). The maximum absolute atomic E-state index is 12.8. The lowest BCUT2D eigenvalue weighted by Crippen LogP contribution is -2.23. The summed E-state index contributed by atoms with van der Waals surface area (Å²) >= 11 is 0. The Hall–Kier alpha value is -1.10. The normalized spacial score (nSPS) is 15.4. The zero-order valence-electron chi connectivity index (χ0n) is 10.7. The number of hydrogen-bond acceptors (Lipinski definition) is 2. The van der Waals surface area contributed by atoms with Crippen LogP contribution in [0.15, 0.2) is 18.5 Å². The number of pyridine rings is 1. The lowest BCUT2D eigenvalue weighted by molar-refractivity contribution is -0.138. The highest BCUT2D eigenvalue weighted by atomic mass is 19.4. The molecule has 2 N–H and O–H groups in total. The molecule has 0 fully saturated rings. The molecule has 102 valence electrons. The largest absolute Gasteiger partial charge is 0.416 e. The molecule has 2 unspecified atom stereocenters. The fourth-order valence-corrected chi connectivity index (χ4v) is 1.94. The number of alkyl halides is 3. The summed E-state index contributed by atoms with van der Waals surface area (Å²) < 4.78 is 38.5. The van der Waals surface area contributed by atoms with Crippen LogP contribution in [0.3, 0.4) is 0 Å². The van der Waals surface area contributed by atoms with Crippen LogP contribution < -0.4 is 5.73 Å². The van der Waals surface area contributed by atoms with E-state index in [0.717, 1.165) is 31.5 Å². The van der Waals surface area contributed by atoms with E-state index >= 15 is 0 Å². The minimum atomic E-state index is -4.37. The van der Waals surface area contributed by atoms with Gasteiger partial charge in [0.2, 0.25) is 0 Å². The minimum absolute atomic E-state index is 0.00949. The van der Waals surface area contributed by atoms with Crippen molar-refractivity contribution in [3.63, 3.8) is 0 Å². The Balaban J connectivity index is 2.95. The lowest BCUT2D eigenvalue weighted by Gasteiger charge is -2.23. The maximum atomic E-state index is 12.8. The zero-order valence-corrected chi connectivity index (χ0v) is 10.7. The van der Waals surface area contributed by atoms with E-state index in [9.17, 15) is 13.2 Å². The summed E-state index contributed by atoms with van der Waals surface area (Å²) in [5.41, 5.74) is 5.36. The molecular weight excluding hydrogens is 241 g/mol. The number of unbranched alkanes of at least 4 members (excludes halogenated alkanes) is 1. The van der Waals surface area contributed by atoms with E-state index < -0.39 is 17.8 Å². The van der Waals surface area contributed by atoms with Crippen LogP contribution in [0.4, 0.5) is 13.2 Å². The van der Waals surface area contributed by atoms with Gasteiger partial charge in [-0.05, 0) is 24.0 Å². The second-order valence-electron chi connectivity index (χ2n) is 4.61. The van der Waals surface area contributed by atoms with E-state index in [1.165, 1.54) is 6.20 Å². The van der Waals surface area contributed by atoms with E-state index in [4.69, 9.17) is 5.73 Å². The highest BCUT2D eigenvalue weighted by Crippen LogP contribution is 2.36. The van der Waals surface area contributed by atoms with Crippen molar-refractivity contribution in [3.8, 4) is 0 Å². The number of rotatable bonds is 5. The molecular formula is C13H19F3N2. The molecule has 0 saturated heterocycles. The first kappa shape index (κ1) is 15.0. The monoisotopic (exact) mass is 260 g/mol. The maximum Gasteiger partial charge on any atom is 0.416 e. The average molecular weight is 260 g/mol. The Labute approximate surface area is 105 Å². The van der Waals surface area contributed by atoms with Gasteiger partial charge in [-0.1, -0.05) is 26.7 Å². The summed E-state index contributed by atoms with van der Waals surface area (Å²) in [6.07, 6.45) is 0.808. The second kappa shape index (κ2) is 6.18. The van der Waals surface area contributed by atoms with E-state index in [1.54, 1.807) is 0 Å². The fourth-order valence-electron chi connectivity index (χ4n) is 1.94. The van der Waals surface area contributed by atoms with E-state index in [1.807, 2.05) is 13.8 Å². The molecule has 2 nitrogen and oxygen atoms in total. The molecule has 0 radical (unpaired) electrons. The summed E-state index contributed by atoms with van der Waals surface area (Å²) in [5.74, 6) is 0.00949. The molecule has 0 aliphatic heterocycles. The van der Waals surface area contributed by atoms with Gasteiger partial charge in [0.25, 0.3) is 0 Å². The molecule has 18 heavy (non-hydrogen) atoms. The van der Waals surface area contributed by atoms with Gasteiger partial charge in [-0.25, -0.2) is 0 Å². The van der Waals surface area contributed by atoms with Gasteiger partial charge in [-0.15, -0.1) is 0 Å². The first-order chi connectivity index (χ1) is 8.38. The van der Waals surface area contributed by atoms with Crippen molar-refractivity contribution in [2.24, 2.45) is 11.7 Å². The molecule has 1 aromatic rings. The molecule has 1 heterocycles. The summed E-state index contributed by atoms with van der Waals surface area (Å²) in [4.78, 5) is 3.76. The third-order valence-corrected chi connectivity index (χ3v) is 3.14. The molecule has 0 aromatic carbocycles. The van der Waals surface area contributed by atoms with Gasteiger partial charge >= 0.3 is 6.18 Å². The summed E-state index contributed by atoms with van der Waals surface area (Å²) in [7, 11) is 0. The molecule has 0 aliphatic carbocycles. The molecule has 0 amide bonds. The van der Waals surface area contributed by atoms with Crippen molar-refractivity contribution in [2.75, 3.05) is 0 Å². The summed E-state index contributed by atoms with van der Waals surface area (Å²) in [6, 6.07) is 0.365. The van der Waals surface area contributed by atoms with Crippen molar-refractivity contribution in [2.45, 2.75) is 45.3 Å². The molecule has 0 bridgehead atoms. The first-order valence-corrected chi connectivity index (χ1v) is 6.14. The van der Waals surface area contributed by atoms with Crippen molar-refractivity contribution in [3.05, 3.63) is 29.6 Å². The van der Waals surface area contributed by atoms with Crippen LogP contribution in [0.2, 0.25) is 0 Å². The predicted octanol–water partition coefficient (Wildman–Crippen LogP) is 3.93. The van der Waals surface area contributed by atoms with Crippen molar-refractivity contribution in [1.82, 2.24) is 4.98 Å². The number of halogens is 3. The molecule has 0 saturated carbocycles. The third kappa shape index (κ3) is 3.70. The van der Waals surface area contributed by atoms with Gasteiger partial charge in [0.15, 0.2) is 0 Å². The van der Waals surface area contributed by atoms with Crippen LogP contribution >= 0.6 is 0 Å².